The Kier molecular flexibility index (Phi) is 4.87. The number of piperidine rings is 1. The van der Waals surface area contributed by atoms with Gasteiger partial charge in [0.2, 0.25) is 0 Å². The molecule has 2 aliphatic heterocycles. The van der Waals surface area contributed by atoms with Crippen LogP contribution >= 0.6 is 0 Å². The minimum Gasteiger partial charge on any atom is -0.378 e. The third kappa shape index (κ3) is 3.96. The van der Waals surface area contributed by atoms with Crippen molar-refractivity contribution in [2.24, 2.45) is 0 Å². The molecule has 25 heavy (non-hydrogen) atoms. The molecule has 0 saturated carbocycles. The molecule has 1 atom stereocenters. The molecule has 2 aliphatic rings. The topological polar surface area (TPSA) is 79.3 Å². The van der Waals surface area contributed by atoms with E-state index >= 15 is 0 Å². The van der Waals surface area contributed by atoms with Crippen LogP contribution in [-0.4, -0.2) is 65.4 Å². The summed E-state index contributed by atoms with van der Waals surface area (Å²) in [4.78, 5) is 21.9. The van der Waals surface area contributed by atoms with E-state index in [1.807, 2.05) is 0 Å². The maximum atomic E-state index is 5.42. The van der Waals surface area contributed by atoms with Gasteiger partial charge in [-0.2, -0.15) is 0 Å². The molecule has 132 valence electrons. The molecule has 0 radical (unpaired) electrons. The number of nitrogens with one attached hydrogen (secondary N) is 1. The summed E-state index contributed by atoms with van der Waals surface area (Å²) in [5.74, 6) is 2.80. The van der Waals surface area contributed by atoms with Crippen LogP contribution in [0.2, 0.25) is 0 Å². The molecule has 2 fully saturated rings. The molecule has 0 amide bonds. The molecule has 2 aromatic heterocycles. The lowest BCUT2D eigenvalue weighted by Gasteiger charge is -2.35. The quantitative estimate of drug-likeness (QED) is 0.888. The zero-order valence-electron chi connectivity index (χ0n) is 14.2. The van der Waals surface area contributed by atoms with E-state index in [1.54, 1.807) is 24.9 Å². The normalized spacial score (nSPS) is 21.2. The van der Waals surface area contributed by atoms with Crippen molar-refractivity contribution < 1.29 is 4.74 Å². The van der Waals surface area contributed by atoms with Crippen molar-refractivity contribution in [1.29, 1.82) is 0 Å². The first-order chi connectivity index (χ1) is 12.4. The maximum absolute atomic E-state index is 5.42. The Hall–Kier alpha value is -2.48. The summed E-state index contributed by atoms with van der Waals surface area (Å²) in [6.45, 7) is 5.19. The van der Waals surface area contributed by atoms with Crippen LogP contribution in [0, 0.1) is 0 Å². The summed E-state index contributed by atoms with van der Waals surface area (Å²) in [6, 6.07) is 2.43. The van der Waals surface area contributed by atoms with Gasteiger partial charge in [-0.15, -0.1) is 0 Å². The molecule has 4 heterocycles. The Labute approximate surface area is 147 Å². The van der Waals surface area contributed by atoms with Crippen molar-refractivity contribution in [3.63, 3.8) is 0 Å². The Morgan fingerprint density at radius 1 is 1.00 bits per heavy atom. The lowest BCUT2D eigenvalue weighted by Crippen LogP contribution is -2.43. The number of aromatic nitrogens is 4. The Morgan fingerprint density at radius 2 is 1.84 bits per heavy atom. The summed E-state index contributed by atoms with van der Waals surface area (Å²) in [5, 5.41) is 3.47. The summed E-state index contributed by atoms with van der Waals surface area (Å²) >= 11 is 0. The zero-order valence-corrected chi connectivity index (χ0v) is 14.2. The molecular weight excluding hydrogens is 318 g/mol. The van der Waals surface area contributed by atoms with E-state index in [4.69, 9.17) is 4.74 Å². The lowest BCUT2D eigenvalue weighted by atomic mass is 10.1. The fraction of sp³-hybridized carbons (Fsp3) is 0.529. The fourth-order valence-corrected chi connectivity index (χ4v) is 3.36. The second-order valence-electron chi connectivity index (χ2n) is 6.35. The van der Waals surface area contributed by atoms with Crippen molar-refractivity contribution in [1.82, 2.24) is 19.9 Å². The minimum absolute atomic E-state index is 0.340. The second kappa shape index (κ2) is 7.60. The number of nitrogens with zero attached hydrogens (tertiary/aromatic N) is 6. The standard InChI is InChI=1S/C17H23N7O/c1-2-14(22-15-11-18-3-4-19-15)12-24(5-1)17-10-16(20-13-21-17)23-6-8-25-9-7-23/h3-4,10-11,13-14H,1-2,5-9,12H2,(H,19,22)/t14-/m1/s1. The first-order valence-electron chi connectivity index (χ1n) is 8.81. The predicted molar refractivity (Wildman–Crippen MR) is 96.0 cm³/mol. The van der Waals surface area contributed by atoms with Crippen LogP contribution in [-0.2, 0) is 4.74 Å². The second-order valence-corrected chi connectivity index (χ2v) is 6.35. The van der Waals surface area contributed by atoms with Crippen molar-refractivity contribution in [2.75, 3.05) is 54.5 Å². The zero-order chi connectivity index (χ0) is 16.9. The number of anilines is 3. The number of hydrogen-bond donors (Lipinski definition) is 1. The summed E-state index contributed by atoms with van der Waals surface area (Å²) < 4.78 is 5.42. The monoisotopic (exact) mass is 341 g/mol. The predicted octanol–water partition coefficient (Wildman–Crippen LogP) is 1.18. The van der Waals surface area contributed by atoms with Crippen LogP contribution in [0.1, 0.15) is 12.8 Å². The van der Waals surface area contributed by atoms with E-state index in [-0.39, 0.29) is 0 Å². The Bertz CT molecular complexity index is 678. The molecule has 0 aliphatic carbocycles. The van der Waals surface area contributed by atoms with Gasteiger partial charge in [0.1, 0.15) is 23.8 Å². The highest BCUT2D eigenvalue weighted by molar-refractivity contribution is 5.51. The largest absolute Gasteiger partial charge is 0.378 e. The van der Waals surface area contributed by atoms with Gasteiger partial charge in [0.05, 0.1) is 19.4 Å². The number of hydrogen-bond acceptors (Lipinski definition) is 8. The Morgan fingerprint density at radius 3 is 2.64 bits per heavy atom. The smallest absolute Gasteiger partial charge is 0.144 e. The van der Waals surface area contributed by atoms with Crippen LogP contribution in [0.25, 0.3) is 0 Å². The van der Waals surface area contributed by atoms with Gasteiger partial charge >= 0.3 is 0 Å². The van der Waals surface area contributed by atoms with Crippen LogP contribution in [0.5, 0.6) is 0 Å². The third-order valence-electron chi connectivity index (χ3n) is 4.63. The van der Waals surface area contributed by atoms with Gasteiger partial charge in [-0.05, 0) is 12.8 Å². The first kappa shape index (κ1) is 16.0. The van der Waals surface area contributed by atoms with Crippen LogP contribution in [0.3, 0.4) is 0 Å². The molecular formula is C17H23N7O. The molecule has 0 aromatic carbocycles. The summed E-state index contributed by atoms with van der Waals surface area (Å²) in [5.41, 5.74) is 0. The molecule has 2 aromatic rings. The fourth-order valence-electron chi connectivity index (χ4n) is 3.36. The van der Waals surface area contributed by atoms with Crippen molar-refractivity contribution in [3.8, 4) is 0 Å². The summed E-state index contributed by atoms with van der Waals surface area (Å²) in [7, 11) is 0. The lowest BCUT2D eigenvalue weighted by molar-refractivity contribution is 0.122. The molecule has 8 heteroatoms. The van der Waals surface area contributed by atoms with E-state index in [0.717, 1.165) is 69.7 Å². The molecule has 4 rings (SSSR count). The molecule has 1 N–H and O–H groups in total. The third-order valence-corrected chi connectivity index (χ3v) is 4.63. The van der Waals surface area contributed by atoms with Gasteiger partial charge in [-0.3, -0.25) is 4.98 Å². The first-order valence-corrected chi connectivity index (χ1v) is 8.81. The van der Waals surface area contributed by atoms with Gasteiger partial charge in [0.25, 0.3) is 0 Å². The van der Waals surface area contributed by atoms with E-state index < -0.39 is 0 Å². The number of ether oxygens (including phenoxy) is 1. The van der Waals surface area contributed by atoms with Gasteiger partial charge in [-0.1, -0.05) is 0 Å². The number of morpholine rings is 1. The Balaban J connectivity index is 1.44. The van der Waals surface area contributed by atoms with E-state index in [2.05, 4.69) is 41.1 Å². The minimum atomic E-state index is 0.340. The van der Waals surface area contributed by atoms with Crippen molar-refractivity contribution in [3.05, 3.63) is 31.0 Å². The van der Waals surface area contributed by atoms with Crippen molar-refractivity contribution in [2.45, 2.75) is 18.9 Å². The number of rotatable bonds is 4. The van der Waals surface area contributed by atoms with Crippen LogP contribution < -0.4 is 15.1 Å². The summed E-state index contributed by atoms with van der Waals surface area (Å²) in [6.07, 6.45) is 9.07. The molecule has 2 saturated heterocycles. The van der Waals surface area contributed by atoms with Crippen LogP contribution in [0.15, 0.2) is 31.0 Å². The molecule has 8 nitrogen and oxygen atoms in total. The van der Waals surface area contributed by atoms with Gasteiger partial charge in [0.15, 0.2) is 0 Å². The van der Waals surface area contributed by atoms with E-state index in [9.17, 15) is 0 Å². The SMILES string of the molecule is c1cnc(N[C@@H]2CCCN(c3cc(N4CCOCC4)ncn3)C2)cn1. The highest BCUT2D eigenvalue weighted by Crippen LogP contribution is 2.23. The van der Waals surface area contributed by atoms with E-state index in [0.29, 0.717) is 6.04 Å². The maximum Gasteiger partial charge on any atom is 0.144 e. The highest BCUT2D eigenvalue weighted by atomic mass is 16.5. The van der Waals surface area contributed by atoms with Gasteiger partial charge < -0.3 is 19.9 Å². The van der Waals surface area contributed by atoms with E-state index in [1.165, 1.54) is 0 Å². The molecule has 0 bridgehead atoms. The average molecular weight is 341 g/mol. The molecule has 0 spiro atoms. The highest BCUT2D eigenvalue weighted by Gasteiger charge is 2.22. The molecule has 0 unspecified atom stereocenters. The van der Waals surface area contributed by atoms with Gasteiger partial charge in [0, 0.05) is 50.7 Å². The average Bonchev–Trinajstić information content (AvgIpc) is 2.70. The van der Waals surface area contributed by atoms with Gasteiger partial charge in [-0.25, -0.2) is 15.0 Å². The van der Waals surface area contributed by atoms with Crippen LogP contribution in [0.4, 0.5) is 17.5 Å². The van der Waals surface area contributed by atoms with Crippen molar-refractivity contribution >= 4 is 17.5 Å².